The highest BCUT2D eigenvalue weighted by Crippen LogP contribution is 2.21. The molecule has 1 aromatic carbocycles. The maximum atomic E-state index is 10.7. The van der Waals surface area contributed by atoms with Crippen molar-refractivity contribution in [1.29, 1.82) is 5.26 Å². The predicted octanol–water partition coefficient (Wildman–Crippen LogP) is 2.66. The second kappa shape index (κ2) is 6.05. The molecule has 0 fully saturated rings. The van der Waals surface area contributed by atoms with E-state index in [4.69, 9.17) is 10.00 Å². The van der Waals surface area contributed by atoms with E-state index in [2.05, 4.69) is 10.6 Å². The Bertz CT molecular complexity index is 623. The number of rotatable bonds is 5. The molecule has 2 aromatic rings. The molecule has 0 amide bonds. The van der Waals surface area contributed by atoms with Crippen molar-refractivity contribution < 1.29 is 9.53 Å². The minimum atomic E-state index is -0.248. The summed E-state index contributed by atoms with van der Waals surface area (Å²) in [6.45, 7) is 2.62. The Balaban J connectivity index is 2.14. The van der Waals surface area contributed by atoms with E-state index in [1.165, 1.54) is 6.92 Å². The van der Waals surface area contributed by atoms with E-state index in [0.29, 0.717) is 13.0 Å². The number of carbonyl (C=O) groups excluding carboxylic acids is 1. The Morgan fingerprint density at radius 2 is 2.21 bits per heavy atom. The maximum absolute atomic E-state index is 10.7. The van der Waals surface area contributed by atoms with Crippen molar-refractivity contribution in [1.82, 2.24) is 4.57 Å². The van der Waals surface area contributed by atoms with Crippen LogP contribution in [0.3, 0.4) is 0 Å². The minimum absolute atomic E-state index is 0.248. The maximum Gasteiger partial charge on any atom is 0.302 e. The quantitative estimate of drug-likeness (QED) is 0.610. The minimum Gasteiger partial charge on any atom is -0.466 e. The van der Waals surface area contributed by atoms with Crippen molar-refractivity contribution in [3.63, 3.8) is 0 Å². The lowest BCUT2D eigenvalue weighted by Crippen LogP contribution is -2.04. The van der Waals surface area contributed by atoms with Gasteiger partial charge in [0.25, 0.3) is 0 Å². The molecule has 0 spiro atoms. The number of nitriles is 1. The molecule has 4 heteroatoms. The van der Waals surface area contributed by atoms with E-state index >= 15 is 0 Å². The first-order chi connectivity index (χ1) is 9.22. The molecular weight excluding hydrogens is 240 g/mol. The van der Waals surface area contributed by atoms with Crippen molar-refractivity contribution in [3.05, 3.63) is 36.0 Å². The van der Waals surface area contributed by atoms with Crippen molar-refractivity contribution in [2.75, 3.05) is 6.61 Å². The van der Waals surface area contributed by atoms with Gasteiger partial charge in [-0.15, -0.1) is 0 Å². The highest BCUT2D eigenvalue weighted by molar-refractivity contribution is 5.84. The van der Waals surface area contributed by atoms with Crippen LogP contribution in [-0.4, -0.2) is 17.1 Å². The number of hydrogen-bond donors (Lipinski definition) is 0. The molecule has 98 valence electrons. The van der Waals surface area contributed by atoms with Gasteiger partial charge in [-0.1, -0.05) is 18.2 Å². The van der Waals surface area contributed by atoms with Gasteiger partial charge in [-0.2, -0.15) is 5.26 Å². The Morgan fingerprint density at radius 1 is 1.42 bits per heavy atom. The summed E-state index contributed by atoms with van der Waals surface area (Å²) in [5, 5.41) is 9.97. The lowest BCUT2D eigenvalue weighted by molar-refractivity contribution is -0.141. The number of fused-ring (bicyclic) bond motifs is 1. The average molecular weight is 256 g/mol. The molecule has 1 heterocycles. The zero-order valence-corrected chi connectivity index (χ0v) is 10.9. The molecule has 0 saturated heterocycles. The molecule has 0 unspecified atom stereocenters. The Kier molecular flexibility index (Phi) is 4.19. The molecule has 0 N–H and O–H groups in total. The summed E-state index contributed by atoms with van der Waals surface area (Å²) >= 11 is 0. The molecular formula is C15H16N2O2. The first-order valence-corrected chi connectivity index (χ1v) is 6.29. The zero-order valence-electron chi connectivity index (χ0n) is 10.9. The molecule has 2 rings (SSSR count). The zero-order chi connectivity index (χ0) is 13.7. The number of aromatic nitrogens is 1. The fraction of sp³-hybridized carbons (Fsp3) is 0.333. The average Bonchev–Trinajstić information content (AvgIpc) is 2.74. The van der Waals surface area contributed by atoms with Gasteiger partial charge < -0.3 is 9.30 Å². The van der Waals surface area contributed by atoms with Gasteiger partial charge in [0.1, 0.15) is 0 Å². The van der Waals surface area contributed by atoms with Crippen LogP contribution in [0.15, 0.2) is 30.5 Å². The number of carbonyl (C=O) groups is 1. The van der Waals surface area contributed by atoms with Gasteiger partial charge in [0.05, 0.1) is 19.1 Å². The molecule has 19 heavy (non-hydrogen) atoms. The third-order valence-electron chi connectivity index (χ3n) is 2.99. The summed E-state index contributed by atoms with van der Waals surface area (Å²) in [6.07, 6.45) is 3.20. The second-order valence-corrected chi connectivity index (χ2v) is 4.39. The number of aryl methyl sites for hydroxylation is 1. The number of para-hydroxylation sites is 1. The van der Waals surface area contributed by atoms with E-state index in [1.54, 1.807) is 0 Å². The molecule has 0 bridgehead atoms. The number of benzene rings is 1. The van der Waals surface area contributed by atoms with Crippen molar-refractivity contribution in [2.24, 2.45) is 0 Å². The van der Waals surface area contributed by atoms with Gasteiger partial charge in [-0.3, -0.25) is 4.79 Å². The summed E-state index contributed by atoms with van der Waals surface area (Å²) in [7, 11) is 0. The van der Waals surface area contributed by atoms with Crippen LogP contribution in [0.2, 0.25) is 0 Å². The normalized spacial score (nSPS) is 10.3. The van der Waals surface area contributed by atoms with Gasteiger partial charge in [0.15, 0.2) is 0 Å². The number of hydrogen-bond acceptors (Lipinski definition) is 3. The summed E-state index contributed by atoms with van der Waals surface area (Å²) in [6, 6.07) is 10.2. The third kappa shape index (κ3) is 3.14. The van der Waals surface area contributed by atoms with Gasteiger partial charge in [-0.05, 0) is 18.1 Å². The van der Waals surface area contributed by atoms with E-state index in [0.717, 1.165) is 29.4 Å². The van der Waals surface area contributed by atoms with E-state index in [9.17, 15) is 4.79 Å². The first-order valence-electron chi connectivity index (χ1n) is 6.29. The van der Waals surface area contributed by atoms with Gasteiger partial charge in [-0.25, -0.2) is 0 Å². The fourth-order valence-corrected chi connectivity index (χ4v) is 2.18. The summed E-state index contributed by atoms with van der Waals surface area (Å²) in [5.74, 6) is -0.248. The lowest BCUT2D eigenvalue weighted by Gasteiger charge is -2.05. The van der Waals surface area contributed by atoms with Crippen LogP contribution in [0.4, 0.5) is 0 Å². The van der Waals surface area contributed by atoms with E-state index in [-0.39, 0.29) is 5.97 Å². The summed E-state index contributed by atoms with van der Waals surface area (Å²) < 4.78 is 7.04. The Morgan fingerprint density at radius 3 is 2.95 bits per heavy atom. The summed E-state index contributed by atoms with van der Waals surface area (Å²) in [5.41, 5.74) is 2.17. The Hall–Kier alpha value is -2.28. The van der Waals surface area contributed by atoms with Gasteiger partial charge in [0.2, 0.25) is 0 Å². The number of esters is 1. The van der Waals surface area contributed by atoms with Gasteiger partial charge >= 0.3 is 5.97 Å². The SMILES string of the molecule is CC(=O)OCCCn1cc(CC#N)c2ccccc21. The molecule has 0 aliphatic rings. The third-order valence-corrected chi connectivity index (χ3v) is 2.99. The number of ether oxygens (including phenoxy) is 1. The van der Waals surface area contributed by atoms with Crippen LogP contribution in [0.25, 0.3) is 10.9 Å². The van der Waals surface area contributed by atoms with Crippen molar-refractivity contribution >= 4 is 16.9 Å². The molecule has 0 saturated carbocycles. The smallest absolute Gasteiger partial charge is 0.302 e. The molecule has 0 aliphatic carbocycles. The first kappa shape index (κ1) is 13.2. The fourth-order valence-electron chi connectivity index (χ4n) is 2.18. The molecule has 0 atom stereocenters. The molecule has 0 aliphatic heterocycles. The lowest BCUT2D eigenvalue weighted by atomic mass is 10.1. The standard InChI is InChI=1S/C15H16N2O2/c1-12(18)19-10-4-9-17-11-13(7-8-16)14-5-2-3-6-15(14)17/h2-3,5-6,11H,4,7,9-10H2,1H3. The Labute approximate surface area is 112 Å². The molecule has 1 aromatic heterocycles. The number of nitrogens with zero attached hydrogens (tertiary/aromatic N) is 2. The largest absolute Gasteiger partial charge is 0.466 e. The van der Waals surface area contributed by atoms with Gasteiger partial charge in [0, 0.05) is 30.6 Å². The topological polar surface area (TPSA) is 55.0 Å². The van der Waals surface area contributed by atoms with Crippen LogP contribution in [0.1, 0.15) is 18.9 Å². The summed E-state index contributed by atoms with van der Waals surface area (Å²) in [4.78, 5) is 10.7. The van der Waals surface area contributed by atoms with E-state index < -0.39 is 0 Å². The van der Waals surface area contributed by atoms with Crippen LogP contribution < -0.4 is 0 Å². The molecule has 0 radical (unpaired) electrons. The molecule has 4 nitrogen and oxygen atoms in total. The van der Waals surface area contributed by atoms with Crippen molar-refractivity contribution in [3.8, 4) is 6.07 Å². The highest BCUT2D eigenvalue weighted by atomic mass is 16.5. The van der Waals surface area contributed by atoms with Crippen LogP contribution in [0, 0.1) is 11.3 Å². The predicted molar refractivity (Wildman–Crippen MR) is 72.5 cm³/mol. The highest BCUT2D eigenvalue weighted by Gasteiger charge is 2.07. The monoisotopic (exact) mass is 256 g/mol. The van der Waals surface area contributed by atoms with Crippen LogP contribution >= 0.6 is 0 Å². The van der Waals surface area contributed by atoms with E-state index in [1.807, 2.05) is 30.5 Å². The van der Waals surface area contributed by atoms with Crippen molar-refractivity contribution in [2.45, 2.75) is 26.3 Å². The van der Waals surface area contributed by atoms with Crippen LogP contribution in [0.5, 0.6) is 0 Å². The van der Waals surface area contributed by atoms with Crippen LogP contribution in [-0.2, 0) is 22.5 Å². The second-order valence-electron chi connectivity index (χ2n) is 4.39.